The molecule has 1 N–H and O–H groups in total. The van der Waals surface area contributed by atoms with Gasteiger partial charge in [-0.2, -0.15) is 5.10 Å². The summed E-state index contributed by atoms with van der Waals surface area (Å²) in [6.07, 6.45) is 6.51. The first kappa shape index (κ1) is 7.09. The Balaban J connectivity index is 1.91. The summed E-state index contributed by atoms with van der Waals surface area (Å²) in [4.78, 5) is 4.04. The van der Waals surface area contributed by atoms with Crippen molar-refractivity contribution in [2.24, 2.45) is 0 Å². The molecular formula is C8H10N4. The first-order chi connectivity index (χ1) is 5.95. The van der Waals surface area contributed by atoms with E-state index < -0.39 is 0 Å². The van der Waals surface area contributed by atoms with E-state index in [0.717, 1.165) is 18.8 Å². The molecule has 0 spiro atoms. The van der Waals surface area contributed by atoms with Crippen LogP contribution in [-0.2, 0) is 13.0 Å². The molecule has 0 aromatic carbocycles. The number of nitrogens with zero attached hydrogens (tertiary/aromatic N) is 3. The van der Waals surface area contributed by atoms with Gasteiger partial charge < -0.3 is 4.57 Å². The standard InChI is InChI=1S/C8H10N4/c1-2-5-12(4-1)6-3-8-9-7-10-11-8/h1-2,4-5,7H,3,6H2,(H,9,10,11). The topological polar surface area (TPSA) is 46.5 Å². The zero-order valence-corrected chi connectivity index (χ0v) is 6.64. The average Bonchev–Trinajstić information content (AvgIpc) is 2.74. The lowest BCUT2D eigenvalue weighted by atomic mass is 10.4. The molecule has 62 valence electrons. The highest BCUT2D eigenvalue weighted by atomic mass is 15.2. The number of aryl methyl sites for hydroxylation is 2. The van der Waals surface area contributed by atoms with Crippen molar-refractivity contribution in [2.75, 3.05) is 0 Å². The molecule has 0 atom stereocenters. The van der Waals surface area contributed by atoms with Crippen molar-refractivity contribution in [3.8, 4) is 0 Å². The molecule has 0 aliphatic carbocycles. The summed E-state index contributed by atoms with van der Waals surface area (Å²) >= 11 is 0. The molecule has 2 aromatic heterocycles. The summed E-state index contributed by atoms with van der Waals surface area (Å²) in [5.41, 5.74) is 0. The minimum Gasteiger partial charge on any atom is -0.354 e. The number of aromatic nitrogens is 4. The third-order valence-corrected chi connectivity index (χ3v) is 1.74. The van der Waals surface area contributed by atoms with E-state index in [-0.39, 0.29) is 0 Å². The number of hydrogen-bond donors (Lipinski definition) is 1. The molecule has 12 heavy (non-hydrogen) atoms. The van der Waals surface area contributed by atoms with Crippen LogP contribution in [0, 0.1) is 0 Å². The van der Waals surface area contributed by atoms with Gasteiger partial charge >= 0.3 is 0 Å². The van der Waals surface area contributed by atoms with E-state index in [1.807, 2.05) is 24.5 Å². The first-order valence-corrected chi connectivity index (χ1v) is 3.90. The normalized spacial score (nSPS) is 10.3. The van der Waals surface area contributed by atoms with Crippen LogP contribution >= 0.6 is 0 Å². The van der Waals surface area contributed by atoms with E-state index in [2.05, 4.69) is 19.7 Å². The van der Waals surface area contributed by atoms with Gasteiger partial charge in [0.2, 0.25) is 0 Å². The van der Waals surface area contributed by atoms with Crippen molar-refractivity contribution in [3.63, 3.8) is 0 Å². The Morgan fingerprint density at radius 1 is 1.33 bits per heavy atom. The Bertz CT molecular complexity index is 274. The van der Waals surface area contributed by atoms with Gasteiger partial charge in [0, 0.05) is 25.4 Å². The molecule has 0 saturated carbocycles. The fourth-order valence-electron chi connectivity index (χ4n) is 1.11. The SMILES string of the molecule is c1ccn(CCc2ncn[nH]2)c1. The third kappa shape index (κ3) is 1.53. The summed E-state index contributed by atoms with van der Waals surface area (Å²) in [6, 6.07) is 4.03. The van der Waals surface area contributed by atoms with Crippen molar-refractivity contribution >= 4 is 0 Å². The molecule has 4 heteroatoms. The Hall–Kier alpha value is -1.58. The minimum atomic E-state index is 0.898. The number of aromatic amines is 1. The lowest BCUT2D eigenvalue weighted by Crippen LogP contribution is -1.99. The molecule has 2 rings (SSSR count). The van der Waals surface area contributed by atoms with Gasteiger partial charge in [0.05, 0.1) is 0 Å². The van der Waals surface area contributed by atoms with Crippen LogP contribution < -0.4 is 0 Å². The molecule has 0 radical (unpaired) electrons. The number of rotatable bonds is 3. The van der Waals surface area contributed by atoms with Gasteiger partial charge in [0.15, 0.2) is 0 Å². The van der Waals surface area contributed by atoms with Crippen molar-refractivity contribution in [2.45, 2.75) is 13.0 Å². The molecular weight excluding hydrogens is 152 g/mol. The van der Waals surface area contributed by atoms with Crippen LogP contribution in [0.2, 0.25) is 0 Å². The molecule has 0 bridgehead atoms. The van der Waals surface area contributed by atoms with Crippen LogP contribution in [0.15, 0.2) is 30.9 Å². The fourth-order valence-corrected chi connectivity index (χ4v) is 1.11. The molecule has 0 aliphatic rings. The summed E-state index contributed by atoms with van der Waals surface area (Å²) in [5, 5.41) is 6.60. The summed E-state index contributed by atoms with van der Waals surface area (Å²) in [5.74, 6) is 0.934. The molecule has 2 aromatic rings. The molecule has 0 unspecified atom stereocenters. The van der Waals surface area contributed by atoms with Crippen molar-refractivity contribution < 1.29 is 0 Å². The van der Waals surface area contributed by atoms with Crippen LogP contribution in [0.4, 0.5) is 0 Å². The van der Waals surface area contributed by atoms with Crippen LogP contribution in [0.25, 0.3) is 0 Å². The Morgan fingerprint density at radius 2 is 2.17 bits per heavy atom. The van der Waals surface area contributed by atoms with Gasteiger partial charge in [0.1, 0.15) is 12.2 Å². The highest BCUT2D eigenvalue weighted by Gasteiger charge is 1.94. The van der Waals surface area contributed by atoms with E-state index in [1.165, 1.54) is 6.33 Å². The van der Waals surface area contributed by atoms with Gasteiger partial charge in [-0.25, -0.2) is 4.98 Å². The van der Waals surface area contributed by atoms with Crippen molar-refractivity contribution in [1.82, 2.24) is 19.7 Å². The molecule has 0 amide bonds. The highest BCUT2D eigenvalue weighted by Crippen LogP contribution is 1.94. The average molecular weight is 162 g/mol. The Kier molecular flexibility index (Phi) is 1.90. The molecule has 4 nitrogen and oxygen atoms in total. The number of H-pyrrole nitrogens is 1. The van der Waals surface area contributed by atoms with E-state index in [9.17, 15) is 0 Å². The molecule has 2 heterocycles. The van der Waals surface area contributed by atoms with E-state index in [4.69, 9.17) is 0 Å². The van der Waals surface area contributed by atoms with Gasteiger partial charge in [-0.15, -0.1) is 0 Å². The van der Waals surface area contributed by atoms with Crippen molar-refractivity contribution in [1.29, 1.82) is 0 Å². The molecule has 0 fully saturated rings. The lowest BCUT2D eigenvalue weighted by Gasteiger charge is -1.98. The third-order valence-electron chi connectivity index (χ3n) is 1.74. The smallest absolute Gasteiger partial charge is 0.137 e. The second-order valence-electron chi connectivity index (χ2n) is 2.60. The minimum absolute atomic E-state index is 0.898. The second kappa shape index (κ2) is 3.21. The quantitative estimate of drug-likeness (QED) is 0.727. The summed E-state index contributed by atoms with van der Waals surface area (Å²) in [6.45, 7) is 0.947. The highest BCUT2D eigenvalue weighted by molar-refractivity contribution is 4.91. The second-order valence-corrected chi connectivity index (χ2v) is 2.60. The van der Waals surface area contributed by atoms with E-state index in [1.54, 1.807) is 0 Å². The van der Waals surface area contributed by atoms with Crippen LogP contribution in [0.3, 0.4) is 0 Å². The maximum Gasteiger partial charge on any atom is 0.137 e. The predicted molar refractivity (Wildman–Crippen MR) is 44.5 cm³/mol. The van der Waals surface area contributed by atoms with Crippen LogP contribution in [-0.4, -0.2) is 19.7 Å². The van der Waals surface area contributed by atoms with Gasteiger partial charge in [-0.05, 0) is 12.1 Å². The predicted octanol–water partition coefficient (Wildman–Crippen LogP) is 0.849. The summed E-state index contributed by atoms with van der Waals surface area (Å²) < 4.78 is 2.11. The number of nitrogens with one attached hydrogen (secondary N) is 1. The Morgan fingerprint density at radius 3 is 2.83 bits per heavy atom. The lowest BCUT2D eigenvalue weighted by molar-refractivity contribution is 0.677. The zero-order chi connectivity index (χ0) is 8.23. The van der Waals surface area contributed by atoms with Gasteiger partial charge in [-0.3, -0.25) is 5.10 Å². The monoisotopic (exact) mass is 162 g/mol. The van der Waals surface area contributed by atoms with Crippen molar-refractivity contribution in [3.05, 3.63) is 36.7 Å². The van der Waals surface area contributed by atoms with E-state index in [0.29, 0.717) is 0 Å². The van der Waals surface area contributed by atoms with Gasteiger partial charge in [0.25, 0.3) is 0 Å². The van der Waals surface area contributed by atoms with Gasteiger partial charge in [-0.1, -0.05) is 0 Å². The largest absolute Gasteiger partial charge is 0.354 e. The van der Waals surface area contributed by atoms with E-state index >= 15 is 0 Å². The number of hydrogen-bond acceptors (Lipinski definition) is 2. The maximum atomic E-state index is 4.04. The van der Waals surface area contributed by atoms with Crippen LogP contribution in [0.5, 0.6) is 0 Å². The maximum absolute atomic E-state index is 4.04. The summed E-state index contributed by atoms with van der Waals surface area (Å²) in [7, 11) is 0. The fraction of sp³-hybridized carbons (Fsp3) is 0.250. The Labute approximate surface area is 70.3 Å². The molecule has 0 saturated heterocycles. The zero-order valence-electron chi connectivity index (χ0n) is 6.64. The molecule has 0 aliphatic heterocycles. The first-order valence-electron chi connectivity index (χ1n) is 3.90. The van der Waals surface area contributed by atoms with Crippen LogP contribution in [0.1, 0.15) is 5.82 Å².